The minimum absolute atomic E-state index is 0.232. The average Bonchev–Trinajstić information content (AvgIpc) is 2.57. The summed E-state index contributed by atoms with van der Waals surface area (Å²) in [6.45, 7) is 0. The second-order valence-electron chi connectivity index (χ2n) is 5.52. The first-order valence-corrected chi connectivity index (χ1v) is 8.87. The maximum atomic E-state index is 13.5. The fourth-order valence-corrected chi connectivity index (χ4v) is 2.91. The van der Waals surface area contributed by atoms with Crippen LogP contribution in [0.15, 0.2) is 36.4 Å². The zero-order valence-electron chi connectivity index (χ0n) is 13.1. The summed E-state index contributed by atoms with van der Waals surface area (Å²) in [7, 11) is 0. The van der Waals surface area contributed by atoms with Crippen molar-refractivity contribution in [2.75, 3.05) is 11.8 Å². The van der Waals surface area contributed by atoms with E-state index < -0.39 is 11.6 Å². The number of alkyl halides is 2. The van der Waals surface area contributed by atoms with Gasteiger partial charge in [0.05, 0.1) is 0 Å². The summed E-state index contributed by atoms with van der Waals surface area (Å²) in [6.07, 6.45) is 2.32. The molecule has 128 valence electrons. The zero-order chi connectivity index (χ0) is 17.5. The van der Waals surface area contributed by atoms with Gasteiger partial charge in [0, 0.05) is 22.9 Å². The molecule has 0 saturated heterocycles. The van der Waals surface area contributed by atoms with E-state index in [9.17, 15) is 13.6 Å². The van der Waals surface area contributed by atoms with Crippen molar-refractivity contribution in [1.29, 1.82) is 0 Å². The van der Waals surface area contributed by atoms with Crippen LogP contribution in [0.4, 0.5) is 8.78 Å². The minimum Gasteiger partial charge on any atom is -0.289 e. The monoisotopic (exact) mass is 370 g/mol. The van der Waals surface area contributed by atoms with Crippen LogP contribution in [0.25, 0.3) is 0 Å². The number of aryl methyl sites for hydroxylation is 2. The molecule has 5 heteroatoms. The van der Waals surface area contributed by atoms with E-state index in [1.54, 1.807) is 0 Å². The molecule has 0 aliphatic rings. The molecule has 1 nitrogen and oxygen atoms in total. The van der Waals surface area contributed by atoms with E-state index >= 15 is 0 Å². The molecule has 0 bridgehead atoms. The topological polar surface area (TPSA) is 17.1 Å². The standard InChI is InChI=1S/C19H18Cl2F2O/c20-9-1-3-13-11-15(22)5-7-17(13)19(24)18-8-6-16(23)12-14(18)4-2-10-21/h5-8,11-12H,1-4,9-10H2. The van der Waals surface area contributed by atoms with Gasteiger partial charge in [0.25, 0.3) is 0 Å². The van der Waals surface area contributed by atoms with Crippen LogP contribution in [0.2, 0.25) is 0 Å². The quantitative estimate of drug-likeness (QED) is 0.440. The van der Waals surface area contributed by atoms with Crippen molar-refractivity contribution in [3.63, 3.8) is 0 Å². The van der Waals surface area contributed by atoms with Crippen molar-refractivity contribution in [1.82, 2.24) is 0 Å². The number of halogens is 4. The number of hydrogen-bond donors (Lipinski definition) is 0. The Balaban J connectivity index is 2.41. The van der Waals surface area contributed by atoms with E-state index in [4.69, 9.17) is 23.2 Å². The van der Waals surface area contributed by atoms with Gasteiger partial charge in [-0.05, 0) is 73.2 Å². The second kappa shape index (κ2) is 9.14. The Hall–Kier alpha value is -1.45. The van der Waals surface area contributed by atoms with Gasteiger partial charge in [0.15, 0.2) is 5.78 Å². The molecule has 2 rings (SSSR count). The lowest BCUT2D eigenvalue weighted by Gasteiger charge is -2.12. The largest absolute Gasteiger partial charge is 0.289 e. The fourth-order valence-electron chi connectivity index (χ4n) is 2.64. The van der Waals surface area contributed by atoms with Gasteiger partial charge in [0.1, 0.15) is 11.6 Å². The molecule has 0 aliphatic heterocycles. The molecule has 0 unspecified atom stereocenters. The lowest BCUT2D eigenvalue weighted by Crippen LogP contribution is -2.10. The van der Waals surface area contributed by atoms with Crippen LogP contribution < -0.4 is 0 Å². The Kier molecular flexibility index (Phi) is 7.19. The highest BCUT2D eigenvalue weighted by Gasteiger charge is 2.18. The Bertz CT molecular complexity index is 657. The molecule has 0 aliphatic carbocycles. The molecule has 2 aromatic rings. The van der Waals surface area contributed by atoms with Gasteiger partial charge in [0.2, 0.25) is 0 Å². The molecule has 0 amide bonds. The van der Waals surface area contributed by atoms with Crippen molar-refractivity contribution in [3.05, 3.63) is 70.3 Å². The summed E-state index contributed by atoms with van der Waals surface area (Å²) >= 11 is 11.4. The first-order chi connectivity index (χ1) is 11.6. The molecular formula is C19H18Cl2F2O. The third-order valence-electron chi connectivity index (χ3n) is 3.78. The summed E-state index contributed by atoms with van der Waals surface area (Å²) in [5.41, 5.74) is 2.10. The maximum Gasteiger partial charge on any atom is 0.193 e. The third kappa shape index (κ3) is 4.78. The molecule has 0 spiro atoms. The van der Waals surface area contributed by atoms with Crippen LogP contribution in [0, 0.1) is 11.6 Å². The van der Waals surface area contributed by atoms with Crippen molar-refractivity contribution < 1.29 is 13.6 Å². The van der Waals surface area contributed by atoms with E-state index in [0.29, 0.717) is 59.7 Å². The summed E-state index contributed by atoms with van der Waals surface area (Å²) in [5.74, 6) is -0.150. The van der Waals surface area contributed by atoms with Crippen LogP contribution in [0.5, 0.6) is 0 Å². The second-order valence-corrected chi connectivity index (χ2v) is 6.27. The Labute approximate surface area is 150 Å². The van der Waals surface area contributed by atoms with E-state index in [1.165, 1.54) is 36.4 Å². The molecular weight excluding hydrogens is 353 g/mol. The van der Waals surface area contributed by atoms with Gasteiger partial charge < -0.3 is 0 Å². The molecule has 0 aromatic heterocycles. The van der Waals surface area contributed by atoms with Crippen molar-refractivity contribution >= 4 is 29.0 Å². The number of benzene rings is 2. The molecule has 0 heterocycles. The first kappa shape index (κ1) is 18.9. The van der Waals surface area contributed by atoms with Gasteiger partial charge in [-0.25, -0.2) is 8.78 Å². The van der Waals surface area contributed by atoms with E-state index in [2.05, 4.69) is 0 Å². The van der Waals surface area contributed by atoms with Gasteiger partial charge in [-0.2, -0.15) is 0 Å². The predicted molar refractivity (Wildman–Crippen MR) is 94.3 cm³/mol. The number of ketones is 1. The van der Waals surface area contributed by atoms with Crippen LogP contribution in [-0.2, 0) is 12.8 Å². The molecule has 0 saturated carbocycles. The van der Waals surface area contributed by atoms with Crippen molar-refractivity contribution in [2.24, 2.45) is 0 Å². The molecule has 2 aromatic carbocycles. The summed E-state index contributed by atoms with van der Waals surface area (Å²) in [6, 6.07) is 8.22. The van der Waals surface area contributed by atoms with Crippen LogP contribution in [0.1, 0.15) is 39.9 Å². The third-order valence-corrected chi connectivity index (χ3v) is 4.32. The van der Waals surface area contributed by atoms with E-state index in [-0.39, 0.29) is 5.78 Å². The summed E-state index contributed by atoms with van der Waals surface area (Å²) in [5, 5.41) is 0. The average molecular weight is 371 g/mol. The van der Waals surface area contributed by atoms with E-state index in [0.717, 1.165) is 0 Å². The number of rotatable bonds is 8. The highest BCUT2D eigenvalue weighted by atomic mass is 35.5. The predicted octanol–water partition coefficient (Wildman–Crippen LogP) is 5.54. The number of carbonyl (C=O) groups is 1. The highest BCUT2D eigenvalue weighted by Crippen LogP contribution is 2.22. The molecule has 0 N–H and O–H groups in total. The summed E-state index contributed by atoms with van der Waals surface area (Å²) < 4.78 is 27.1. The smallest absolute Gasteiger partial charge is 0.193 e. The number of hydrogen-bond acceptors (Lipinski definition) is 1. The molecule has 24 heavy (non-hydrogen) atoms. The van der Waals surface area contributed by atoms with Crippen LogP contribution in [-0.4, -0.2) is 17.5 Å². The van der Waals surface area contributed by atoms with Gasteiger partial charge in [-0.15, -0.1) is 23.2 Å². The first-order valence-electron chi connectivity index (χ1n) is 7.80. The maximum absolute atomic E-state index is 13.5. The minimum atomic E-state index is -0.391. The Morgan fingerprint density at radius 2 is 1.21 bits per heavy atom. The fraction of sp³-hybridized carbons (Fsp3) is 0.316. The van der Waals surface area contributed by atoms with Crippen molar-refractivity contribution in [3.8, 4) is 0 Å². The SMILES string of the molecule is O=C(c1ccc(F)cc1CCCCl)c1ccc(F)cc1CCCCl. The molecule has 0 fully saturated rings. The normalized spacial score (nSPS) is 10.8. The van der Waals surface area contributed by atoms with E-state index in [1.807, 2.05) is 0 Å². The number of carbonyl (C=O) groups excluding carboxylic acids is 1. The zero-order valence-corrected chi connectivity index (χ0v) is 14.6. The van der Waals surface area contributed by atoms with Gasteiger partial charge in [-0.1, -0.05) is 0 Å². The Morgan fingerprint density at radius 3 is 1.58 bits per heavy atom. The van der Waals surface area contributed by atoms with Crippen LogP contribution in [0.3, 0.4) is 0 Å². The Morgan fingerprint density at radius 1 is 0.792 bits per heavy atom. The molecule has 0 radical (unpaired) electrons. The highest BCUT2D eigenvalue weighted by molar-refractivity contribution is 6.18. The lowest BCUT2D eigenvalue weighted by molar-refractivity contribution is 0.103. The van der Waals surface area contributed by atoms with Gasteiger partial charge >= 0.3 is 0 Å². The molecule has 0 atom stereocenters. The summed E-state index contributed by atoms with van der Waals surface area (Å²) in [4.78, 5) is 12.9. The van der Waals surface area contributed by atoms with Crippen LogP contribution >= 0.6 is 23.2 Å². The van der Waals surface area contributed by atoms with Crippen molar-refractivity contribution in [2.45, 2.75) is 25.7 Å². The van der Waals surface area contributed by atoms with Gasteiger partial charge in [-0.3, -0.25) is 4.79 Å². The lowest BCUT2D eigenvalue weighted by atomic mass is 9.92.